The zero-order valence-electron chi connectivity index (χ0n) is 11.2. The minimum atomic E-state index is 0.761. The van der Waals surface area contributed by atoms with Crippen molar-refractivity contribution in [2.45, 2.75) is 0 Å². The maximum atomic E-state index is 5.53. The number of morpholine rings is 1. The summed E-state index contributed by atoms with van der Waals surface area (Å²) in [5.74, 6) is 1.87. The van der Waals surface area contributed by atoms with E-state index < -0.39 is 0 Å². The third-order valence-electron chi connectivity index (χ3n) is 3.48. The summed E-state index contributed by atoms with van der Waals surface area (Å²) in [7, 11) is 1.72. The molecular weight excluding hydrogens is 242 g/mol. The Morgan fingerprint density at radius 2 is 2.16 bits per heavy atom. The second-order valence-electron chi connectivity index (χ2n) is 4.61. The van der Waals surface area contributed by atoms with Gasteiger partial charge in [-0.05, 0) is 12.1 Å². The zero-order valence-corrected chi connectivity index (χ0v) is 11.2. The fraction of sp³-hybridized carbons (Fsp3) is 0.500. The standard InChI is InChI=1S/C14H19N3O2/c1-18-12-4-2-3-11(14-15-5-6-16-14)13(12)17-7-9-19-10-8-17/h2-4H,5-10H2,1H3,(H,15,16). The molecule has 1 aromatic carbocycles. The number of anilines is 1. The van der Waals surface area contributed by atoms with Crippen LogP contribution in [-0.2, 0) is 4.74 Å². The minimum Gasteiger partial charge on any atom is -0.495 e. The van der Waals surface area contributed by atoms with Crippen LogP contribution in [-0.4, -0.2) is 52.3 Å². The average Bonchev–Trinajstić information content (AvgIpc) is 3.01. The van der Waals surface area contributed by atoms with Gasteiger partial charge in [0, 0.05) is 25.2 Å². The molecule has 1 N–H and O–H groups in total. The molecule has 5 nitrogen and oxygen atoms in total. The van der Waals surface area contributed by atoms with Crippen LogP contribution in [0, 0.1) is 0 Å². The molecule has 0 amide bonds. The number of benzene rings is 1. The smallest absolute Gasteiger partial charge is 0.142 e. The summed E-state index contributed by atoms with van der Waals surface area (Å²) < 4.78 is 11.0. The molecule has 2 aliphatic heterocycles. The fourth-order valence-electron chi connectivity index (χ4n) is 2.57. The number of para-hydroxylation sites is 1. The predicted octanol–water partition coefficient (Wildman–Crippen LogP) is 0.882. The maximum absolute atomic E-state index is 5.53. The number of nitrogens with zero attached hydrogens (tertiary/aromatic N) is 2. The number of nitrogens with one attached hydrogen (secondary N) is 1. The highest BCUT2D eigenvalue weighted by molar-refractivity contribution is 6.05. The molecule has 0 aromatic heterocycles. The van der Waals surface area contributed by atoms with Gasteiger partial charge < -0.3 is 19.7 Å². The van der Waals surface area contributed by atoms with Gasteiger partial charge in [-0.1, -0.05) is 6.07 Å². The molecule has 19 heavy (non-hydrogen) atoms. The monoisotopic (exact) mass is 261 g/mol. The summed E-state index contributed by atoms with van der Waals surface area (Å²) in [5.41, 5.74) is 2.25. The summed E-state index contributed by atoms with van der Waals surface area (Å²) >= 11 is 0. The largest absolute Gasteiger partial charge is 0.495 e. The van der Waals surface area contributed by atoms with E-state index in [0.29, 0.717) is 0 Å². The molecule has 5 heteroatoms. The van der Waals surface area contributed by atoms with E-state index in [-0.39, 0.29) is 0 Å². The first-order valence-electron chi connectivity index (χ1n) is 6.68. The van der Waals surface area contributed by atoms with Crippen molar-refractivity contribution in [1.29, 1.82) is 0 Å². The molecule has 0 bridgehead atoms. The molecule has 1 saturated heterocycles. The van der Waals surface area contributed by atoms with Crippen molar-refractivity contribution in [3.8, 4) is 5.75 Å². The van der Waals surface area contributed by atoms with Crippen LogP contribution in [0.2, 0.25) is 0 Å². The quantitative estimate of drug-likeness (QED) is 0.877. The van der Waals surface area contributed by atoms with Gasteiger partial charge in [0.05, 0.1) is 32.6 Å². The Kier molecular flexibility index (Phi) is 3.55. The second kappa shape index (κ2) is 5.48. The Balaban J connectivity index is 2.02. The lowest BCUT2D eigenvalue weighted by Gasteiger charge is -2.31. The highest BCUT2D eigenvalue weighted by Crippen LogP contribution is 2.33. The van der Waals surface area contributed by atoms with Gasteiger partial charge in [0.2, 0.25) is 0 Å². The molecule has 102 valence electrons. The normalized spacial score (nSPS) is 19.0. The van der Waals surface area contributed by atoms with Gasteiger partial charge in [0.15, 0.2) is 0 Å². The Labute approximate surface area is 113 Å². The average molecular weight is 261 g/mol. The highest BCUT2D eigenvalue weighted by atomic mass is 16.5. The lowest BCUT2D eigenvalue weighted by Crippen LogP contribution is -2.38. The molecule has 1 aromatic rings. The molecule has 2 heterocycles. The molecule has 0 saturated carbocycles. The number of ether oxygens (including phenoxy) is 2. The van der Waals surface area contributed by atoms with E-state index in [0.717, 1.165) is 62.2 Å². The first-order valence-corrected chi connectivity index (χ1v) is 6.68. The minimum absolute atomic E-state index is 0.761. The van der Waals surface area contributed by atoms with Crippen molar-refractivity contribution in [1.82, 2.24) is 5.32 Å². The molecule has 0 atom stereocenters. The van der Waals surface area contributed by atoms with Crippen molar-refractivity contribution in [3.05, 3.63) is 23.8 Å². The Bertz CT molecular complexity index is 482. The third kappa shape index (κ3) is 2.38. The van der Waals surface area contributed by atoms with Crippen LogP contribution in [0.15, 0.2) is 23.2 Å². The van der Waals surface area contributed by atoms with E-state index in [9.17, 15) is 0 Å². The molecule has 1 fully saturated rings. The summed E-state index contributed by atoms with van der Waals surface area (Å²) in [6, 6.07) is 6.12. The van der Waals surface area contributed by atoms with Crippen LogP contribution in [0.1, 0.15) is 5.56 Å². The third-order valence-corrected chi connectivity index (χ3v) is 3.48. The molecule has 0 unspecified atom stereocenters. The molecule has 0 aliphatic carbocycles. The zero-order chi connectivity index (χ0) is 13.1. The van der Waals surface area contributed by atoms with Gasteiger partial charge in [-0.2, -0.15) is 0 Å². The van der Waals surface area contributed by atoms with Gasteiger partial charge in [0.25, 0.3) is 0 Å². The Morgan fingerprint density at radius 3 is 2.84 bits per heavy atom. The van der Waals surface area contributed by atoms with Crippen molar-refractivity contribution in [3.63, 3.8) is 0 Å². The van der Waals surface area contributed by atoms with Crippen LogP contribution in [0.5, 0.6) is 5.75 Å². The van der Waals surface area contributed by atoms with Crippen LogP contribution in [0.4, 0.5) is 5.69 Å². The summed E-state index contributed by atoms with van der Waals surface area (Å²) in [5, 5.41) is 3.34. The van der Waals surface area contributed by atoms with Crippen molar-refractivity contribution in [2.24, 2.45) is 4.99 Å². The van der Waals surface area contributed by atoms with Crippen LogP contribution in [0.25, 0.3) is 0 Å². The number of aliphatic imine (C=N–C) groups is 1. The first kappa shape index (κ1) is 12.3. The number of hydrogen-bond donors (Lipinski definition) is 1. The van der Waals surface area contributed by atoms with E-state index in [1.807, 2.05) is 12.1 Å². The van der Waals surface area contributed by atoms with Crippen molar-refractivity contribution < 1.29 is 9.47 Å². The van der Waals surface area contributed by atoms with Gasteiger partial charge in [0.1, 0.15) is 11.6 Å². The molecular formula is C14H19N3O2. The SMILES string of the molecule is COc1cccc(C2=NCCN2)c1N1CCOCC1. The van der Waals surface area contributed by atoms with E-state index in [4.69, 9.17) is 9.47 Å². The maximum Gasteiger partial charge on any atom is 0.142 e. The van der Waals surface area contributed by atoms with E-state index in [1.54, 1.807) is 7.11 Å². The molecule has 0 radical (unpaired) electrons. The van der Waals surface area contributed by atoms with Gasteiger partial charge >= 0.3 is 0 Å². The lowest BCUT2D eigenvalue weighted by molar-refractivity contribution is 0.122. The van der Waals surface area contributed by atoms with Crippen LogP contribution < -0.4 is 15.0 Å². The number of rotatable bonds is 3. The van der Waals surface area contributed by atoms with Gasteiger partial charge in [-0.15, -0.1) is 0 Å². The van der Waals surface area contributed by atoms with E-state index in [2.05, 4.69) is 21.3 Å². The van der Waals surface area contributed by atoms with Gasteiger partial charge in [-0.3, -0.25) is 4.99 Å². The van der Waals surface area contributed by atoms with E-state index in [1.165, 1.54) is 0 Å². The lowest BCUT2D eigenvalue weighted by atomic mass is 10.1. The first-order chi connectivity index (χ1) is 9.40. The molecule has 3 rings (SSSR count). The van der Waals surface area contributed by atoms with Crippen molar-refractivity contribution >= 4 is 11.5 Å². The number of amidine groups is 1. The van der Waals surface area contributed by atoms with Crippen LogP contribution in [0.3, 0.4) is 0 Å². The molecule has 0 spiro atoms. The Hall–Kier alpha value is -1.75. The summed E-state index contributed by atoms with van der Waals surface area (Å²) in [6.45, 7) is 5.06. The van der Waals surface area contributed by atoms with Gasteiger partial charge in [-0.25, -0.2) is 0 Å². The Morgan fingerprint density at radius 1 is 1.32 bits per heavy atom. The number of hydrogen-bond acceptors (Lipinski definition) is 5. The fourth-order valence-corrected chi connectivity index (χ4v) is 2.57. The second-order valence-corrected chi connectivity index (χ2v) is 4.61. The summed E-state index contributed by atoms with van der Waals surface area (Å²) in [6.07, 6.45) is 0. The predicted molar refractivity (Wildman–Crippen MR) is 75.4 cm³/mol. The van der Waals surface area contributed by atoms with Crippen molar-refractivity contribution in [2.75, 3.05) is 51.4 Å². The topological polar surface area (TPSA) is 46.1 Å². The highest BCUT2D eigenvalue weighted by Gasteiger charge is 2.22. The van der Waals surface area contributed by atoms with E-state index >= 15 is 0 Å². The summed E-state index contributed by atoms with van der Waals surface area (Å²) in [4.78, 5) is 6.85. The number of methoxy groups -OCH3 is 1. The molecule has 2 aliphatic rings. The van der Waals surface area contributed by atoms with Crippen LogP contribution >= 0.6 is 0 Å².